The van der Waals surface area contributed by atoms with Crippen molar-refractivity contribution >= 4 is 39.2 Å². The fourth-order valence-electron chi connectivity index (χ4n) is 1.85. The third-order valence-corrected chi connectivity index (χ3v) is 4.83. The highest BCUT2D eigenvalue weighted by Gasteiger charge is 2.22. The number of ether oxygens (including phenoxy) is 1. The number of carbonyl (C=O) groups excluding carboxylic acids is 2. The first-order chi connectivity index (χ1) is 11.7. The number of rotatable bonds is 6. The molecule has 0 aliphatic heterocycles. The van der Waals surface area contributed by atoms with Gasteiger partial charge in [-0.1, -0.05) is 23.7 Å². The maximum absolute atomic E-state index is 12.4. The van der Waals surface area contributed by atoms with E-state index < -0.39 is 28.0 Å². The molecule has 0 fully saturated rings. The number of benzene rings is 2. The van der Waals surface area contributed by atoms with Gasteiger partial charge >= 0.3 is 5.97 Å². The summed E-state index contributed by atoms with van der Waals surface area (Å²) in [5.74, 6) is -1.69. The minimum atomic E-state index is -3.94. The highest BCUT2D eigenvalue weighted by molar-refractivity contribution is 7.92. The SMILES string of the molecule is CC(OC(=O)c1ccccc1NS(=O)(=O)c1ccc(Cl)cc1)C(N)=O. The van der Waals surface area contributed by atoms with Crippen LogP contribution in [0.5, 0.6) is 0 Å². The van der Waals surface area contributed by atoms with Crippen LogP contribution in [0.15, 0.2) is 53.4 Å². The summed E-state index contributed by atoms with van der Waals surface area (Å²) < 4.78 is 32.1. The molecule has 0 bridgehead atoms. The van der Waals surface area contributed by atoms with Gasteiger partial charge in [-0.25, -0.2) is 13.2 Å². The van der Waals surface area contributed by atoms with Gasteiger partial charge in [0.2, 0.25) is 0 Å². The van der Waals surface area contributed by atoms with Gasteiger partial charge in [-0.05, 0) is 43.3 Å². The van der Waals surface area contributed by atoms with Gasteiger partial charge in [-0.2, -0.15) is 0 Å². The van der Waals surface area contributed by atoms with Crippen LogP contribution in [0.1, 0.15) is 17.3 Å². The molecule has 2 rings (SSSR count). The molecule has 0 heterocycles. The van der Waals surface area contributed by atoms with Crippen LogP contribution in [0.4, 0.5) is 5.69 Å². The number of nitrogens with two attached hydrogens (primary N) is 1. The van der Waals surface area contributed by atoms with Crippen LogP contribution in [0.2, 0.25) is 5.02 Å². The average Bonchev–Trinajstić information content (AvgIpc) is 2.55. The molecule has 2 aromatic carbocycles. The second-order valence-electron chi connectivity index (χ2n) is 5.05. The first-order valence-corrected chi connectivity index (χ1v) is 8.94. The van der Waals surface area contributed by atoms with Gasteiger partial charge in [0.1, 0.15) is 0 Å². The van der Waals surface area contributed by atoms with Gasteiger partial charge in [0, 0.05) is 5.02 Å². The molecule has 25 heavy (non-hydrogen) atoms. The Morgan fingerprint density at radius 3 is 2.32 bits per heavy atom. The molecule has 3 N–H and O–H groups in total. The van der Waals surface area contributed by atoms with Gasteiger partial charge in [0.05, 0.1) is 16.1 Å². The second kappa shape index (κ2) is 7.54. The number of anilines is 1. The topological polar surface area (TPSA) is 116 Å². The van der Waals surface area contributed by atoms with E-state index in [1.807, 2.05) is 0 Å². The van der Waals surface area contributed by atoms with E-state index in [2.05, 4.69) is 4.72 Å². The molecule has 132 valence electrons. The Bertz CT molecular complexity index is 897. The Hall–Kier alpha value is -2.58. The van der Waals surface area contributed by atoms with Crippen molar-refractivity contribution in [2.24, 2.45) is 5.73 Å². The maximum Gasteiger partial charge on any atom is 0.341 e. The smallest absolute Gasteiger partial charge is 0.341 e. The van der Waals surface area contributed by atoms with Crippen LogP contribution < -0.4 is 10.5 Å². The van der Waals surface area contributed by atoms with Crippen LogP contribution in [-0.2, 0) is 19.6 Å². The van der Waals surface area contributed by atoms with E-state index in [4.69, 9.17) is 22.1 Å². The average molecular weight is 383 g/mol. The molecule has 1 unspecified atom stereocenters. The number of amides is 1. The summed E-state index contributed by atoms with van der Waals surface area (Å²) in [7, 11) is -3.94. The normalized spacial score (nSPS) is 12.2. The summed E-state index contributed by atoms with van der Waals surface area (Å²) in [5.41, 5.74) is 5.02. The lowest BCUT2D eigenvalue weighted by Crippen LogP contribution is -2.30. The lowest BCUT2D eigenvalue weighted by molar-refractivity contribution is -0.125. The number of hydrogen-bond donors (Lipinski definition) is 2. The minimum Gasteiger partial charge on any atom is -0.449 e. The van der Waals surface area contributed by atoms with E-state index >= 15 is 0 Å². The summed E-state index contributed by atoms with van der Waals surface area (Å²) in [6.07, 6.45) is -1.14. The van der Waals surface area contributed by atoms with Crippen molar-refractivity contribution in [2.45, 2.75) is 17.9 Å². The number of primary amides is 1. The molecule has 1 amide bonds. The Kier molecular flexibility index (Phi) is 5.66. The number of carbonyl (C=O) groups is 2. The molecule has 0 aliphatic carbocycles. The third-order valence-electron chi connectivity index (χ3n) is 3.20. The summed E-state index contributed by atoms with van der Waals surface area (Å²) in [6, 6.07) is 11.4. The number of nitrogens with one attached hydrogen (secondary N) is 1. The molecule has 0 saturated heterocycles. The summed E-state index contributed by atoms with van der Waals surface area (Å²) in [4.78, 5) is 23.2. The monoisotopic (exact) mass is 382 g/mol. The second-order valence-corrected chi connectivity index (χ2v) is 7.17. The molecule has 0 saturated carbocycles. The van der Waals surface area contributed by atoms with E-state index in [-0.39, 0.29) is 16.1 Å². The molecule has 0 spiro atoms. The number of sulfonamides is 1. The highest BCUT2D eigenvalue weighted by Crippen LogP contribution is 2.22. The first kappa shape index (κ1) is 18.8. The van der Waals surface area contributed by atoms with Crippen molar-refractivity contribution in [3.8, 4) is 0 Å². The molecular formula is C16H15ClN2O5S. The number of para-hydroxylation sites is 1. The third kappa shape index (κ3) is 4.71. The Balaban J connectivity index is 2.30. The van der Waals surface area contributed by atoms with E-state index in [9.17, 15) is 18.0 Å². The summed E-state index contributed by atoms with van der Waals surface area (Å²) >= 11 is 5.75. The van der Waals surface area contributed by atoms with Gasteiger partial charge in [0.15, 0.2) is 6.10 Å². The van der Waals surface area contributed by atoms with Crippen molar-refractivity contribution in [1.82, 2.24) is 0 Å². The van der Waals surface area contributed by atoms with E-state index in [1.54, 1.807) is 6.07 Å². The van der Waals surface area contributed by atoms with Crippen molar-refractivity contribution < 1.29 is 22.7 Å². The van der Waals surface area contributed by atoms with Crippen LogP contribution >= 0.6 is 11.6 Å². The molecule has 7 nitrogen and oxygen atoms in total. The van der Waals surface area contributed by atoms with Crippen molar-refractivity contribution in [1.29, 1.82) is 0 Å². The number of hydrogen-bond acceptors (Lipinski definition) is 5. The van der Waals surface area contributed by atoms with Crippen LogP contribution in [0, 0.1) is 0 Å². The zero-order chi connectivity index (χ0) is 18.6. The van der Waals surface area contributed by atoms with Gasteiger partial charge in [-0.3, -0.25) is 9.52 Å². The Morgan fingerprint density at radius 2 is 1.72 bits per heavy atom. The van der Waals surface area contributed by atoms with Crippen molar-refractivity contribution in [2.75, 3.05) is 4.72 Å². The van der Waals surface area contributed by atoms with Crippen LogP contribution in [0.3, 0.4) is 0 Å². The molecule has 0 radical (unpaired) electrons. The molecule has 9 heteroatoms. The molecule has 1 atom stereocenters. The zero-order valence-corrected chi connectivity index (χ0v) is 14.7. The number of halogens is 1. The molecular weight excluding hydrogens is 368 g/mol. The predicted octanol–water partition coefficient (Wildman–Crippen LogP) is 2.17. The lowest BCUT2D eigenvalue weighted by Gasteiger charge is -2.14. The maximum atomic E-state index is 12.4. The Morgan fingerprint density at radius 1 is 1.12 bits per heavy atom. The highest BCUT2D eigenvalue weighted by atomic mass is 35.5. The molecule has 0 aromatic heterocycles. The quantitative estimate of drug-likeness (QED) is 0.743. The summed E-state index contributed by atoms with van der Waals surface area (Å²) in [5, 5.41) is 0.392. The standard InChI is InChI=1S/C16H15ClN2O5S/c1-10(15(18)20)24-16(21)13-4-2-3-5-14(13)19-25(22,23)12-8-6-11(17)7-9-12/h2-10,19H,1H3,(H2,18,20). The van der Waals surface area contributed by atoms with Gasteiger partial charge < -0.3 is 10.5 Å². The lowest BCUT2D eigenvalue weighted by atomic mass is 10.2. The van der Waals surface area contributed by atoms with Gasteiger partial charge in [-0.15, -0.1) is 0 Å². The minimum absolute atomic E-state index is 0.0131. The Labute approximate surface area is 149 Å². The van der Waals surface area contributed by atoms with Crippen LogP contribution in [0.25, 0.3) is 0 Å². The fraction of sp³-hybridized carbons (Fsp3) is 0.125. The number of esters is 1. The van der Waals surface area contributed by atoms with E-state index in [0.29, 0.717) is 5.02 Å². The predicted molar refractivity (Wildman–Crippen MR) is 92.8 cm³/mol. The van der Waals surface area contributed by atoms with E-state index in [1.165, 1.54) is 49.4 Å². The fourth-order valence-corrected chi connectivity index (χ4v) is 3.06. The largest absolute Gasteiger partial charge is 0.449 e. The summed E-state index contributed by atoms with van der Waals surface area (Å²) in [6.45, 7) is 1.32. The van der Waals surface area contributed by atoms with E-state index in [0.717, 1.165) is 0 Å². The molecule has 2 aromatic rings. The first-order valence-electron chi connectivity index (χ1n) is 7.08. The van der Waals surface area contributed by atoms with Crippen molar-refractivity contribution in [3.63, 3.8) is 0 Å². The molecule has 0 aliphatic rings. The van der Waals surface area contributed by atoms with Gasteiger partial charge in [0.25, 0.3) is 15.9 Å². The zero-order valence-electron chi connectivity index (χ0n) is 13.1. The van der Waals surface area contributed by atoms with Crippen LogP contribution in [-0.4, -0.2) is 26.4 Å². The van der Waals surface area contributed by atoms with Crippen molar-refractivity contribution in [3.05, 3.63) is 59.1 Å².